The van der Waals surface area contributed by atoms with Crippen molar-refractivity contribution in [2.75, 3.05) is 13.2 Å². The molecule has 0 amide bonds. The molecule has 1 aliphatic carbocycles. The number of phosphoric ester groups is 2. The monoisotopic (exact) mass is 978 g/mol. The lowest BCUT2D eigenvalue weighted by Gasteiger charge is -2.43. The Kier molecular flexibility index (Phi) is 31.6. The Labute approximate surface area is 392 Å². The van der Waals surface area contributed by atoms with E-state index in [0.29, 0.717) is 19.3 Å². The van der Waals surface area contributed by atoms with E-state index in [0.717, 1.165) is 70.6 Å². The van der Waals surface area contributed by atoms with Crippen molar-refractivity contribution < 1.29 is 81.6 Å². The molecule has 0 aromatic heterocycles. The second-order valence-corrected chi connectivity index (χ2v) is 19.5. The second-order valence-electron chi connectivity index (χ2n) is 16.9. The van der Waals surface area contributed by atoms with Crippen LogP contribution in [0.4, 0.5) is 0 Å². The highest BCUT2D eigenvalue weighted by molar-refractivity contribution is 7.47. The van der Waals surface area contributed by atoms with Gasteiger partial charge in [-0.25, -0.2) is 9.13 Å². The molecule has 0 spiro atoms. The largest absolute Gasteiger partial charge is 0.472 e. The van der Waals surface area contributed by atoms with Crippen LogP contribution in [0.3, 0.4) is 0 Å². The Balaban J connectivity index is 1.83. The van der Waals surface area contributed by atoms with Crippen molar-refractivity contribution in [1.29, 1.82) is 0 Å². The Hall–Kier alpha value is -2.34. The van der Waals surface area contributed by atoms with Gasteiger partial charge in [-0.1, -0.05) is 120 Å². The molecule has 380 valence electrons. The number of aliphatic hydroxyl groups is 4. The number of esters is 2. The number of ether oxygens (including phenoxy) is 3. The summed E-state index contributed by atoms with van der Waals surface area (Å²) in [6, 6.07) is 0. The molecule has 7 unspecified atom stereocenters. The summed E-state index contributed by atoms with van der Waals surface area (Å²) in [5.41, 5.74) is 0. The fourth-order valence-electron chi connectivity index (χ4n) is 7.09. The van der Waals surface area contributed by atoms with Crippen molar-refractivity contribution in [3.63, 3.8) is 0 Å². The molecule has 2 fully saturated rings. The van der Waals surface area contributed by atoms with Gasteiger partial charge < -0.3 is 49.3 Å². The minimum absolute atomic E-state index is 0.0103. The van der Waals surface area contributed by atoms with Gasteiger partial charge in [-0.2, -0.15) is 0 Å². The molecule has 17 nitrogen and oxygen atoms in total. The molecule has 66 heavy (non-hydrogen) atoms. The molecular formula is C47H80O17P2. The SMILES string of the molecule is CCCCC/C=C\C/C=C\CCCCCCCC(=O)O[C@H](COC(=O)CCC/C=C\CC1OC1C/C=C\C/C=C\CCCCC)COP(=O)(O)O[C@H]1C(O)C(O)C(O)[C@@H](OP(=O)(O)O)C1O. The topological polar surface area (TPSA) is 269 Å². The van der Waals surface area contributed by atoms with Gasteiger partial charge in [0.15, 0.2) is 6.10 Å². The van der Waals surface area contributed by atoms with E-state index in [9.17, 15) is 53.8 Å². The van der Waals surface area contributed by atoms with Crippen LogP contribution in [0.15, 0.2) is 60.8 Å². The second kappa shape index (κ2) is 34.9. The Morgan fingerprint density at radius 1 is 0.545 bits per heavy atom. The van der Waals surface area contributed by atoms with Gasteiger partial charge in [0.05, 0.1) is 18.8 Å². The fourth-order valence-corrected chi connectivity index (χ4v) is 8.63. The van der Waals surface area contributed by atoms with Crippen LogP contribution in [0.1, 0.15) is 155 Å². The van der Waals surface area contributed by atoms with Crippen LogP contribution in [0, 0.1) is 0 Å². The summed E-state index contributed by atoms with van der Waals surface area (Å²) >= 11 is 0. The van der Waals surface area contributed by atoms with E-state index in [1.807, 2.05) is 12.2 Å². The Bertz CT molecular complexity index is 1580. The van der Waals surface area contributed by atoms with Crippen molar-refractivity contribution in [1.82, 2.24) is 0 Å². The summed E-state index contributed by atoms with van der Waals surface area (Å²) in [6.45, 7) is 2.98. The molecular weight excluding hydrogens is 898 g/mol. The molecule has 0 radical (unpaired) electrons. The summed E-state index contributed by atoms with van der Waals surface area (Å²) in [5.74, 6) is -1.30. The first-order valence-electron chi connectivity index (χ1n) is 24.0. The minimum Gasteiger partial charge on any atom is -0.462 e. The van der Waals surface area contributed by atoms with Crippen molar-refractivity contribution in [3.8, 4) is 0 Å². The first-order chi connectivity index (χ1) is 31.6. The van der Waals surface area contributed by atoms with Crippen molar-refractivity contribution in [3.05, 3.63) is 60.8 Å². The van der Waals surface area contributed by atoms with E-state index < -0.39 is 83.5 Å². The quantitative estimate of drug-likeness (QED) is 0.0101. The maximum absolute atomic E-state index is 13.0. The van der Waals surface area contributed by atoms with Crippen LogP contribution in [-0.2, 0) is 46.5 Å². The van der Waals surface area contributed by atoms with Gasteiger partial charge in [-0.3, -0.25) is 23.2 Å². The highest BCUT2D eigenvalue weighted by atomic mass is 31.2. The first-order valence-corrected chi connectivity index (χ1v) is 27.0. The lowest BCUT2D eigenvalue weighted by molar-refractivity contribution is -0.216. The van der Waals surface area contributed by atoms with E-state index in [2.05, 4.69) is 67.0 Å². The molecule has 1 heterocycles. The van der Waals surface area contributed by atoms with Crippen molar-refractivity contribution in [2.24, 2.45) is 0 Å². The zero-order valence-electron chi connectivity index (χ0n) is 39.0. The third-order valence-corrected chi connectivity index (χ3v) is 12.5. The van der Waals surface area contributed by atoms with Gasteiger partial charge >= 0.3 is 27.6 Å². The number of rotatable bonds is 38. The highest BCUT2D eigenvalue weighted by Crippen LogP contribution is 2.49. The van der Waals surface area contributed by atoms with Crippen molar-refractivity contribution >= 4 is 27.6 Å². The van der Waals surface area contributed by atoms with Gasteiger partial charge in [0.25, 0.3) is 0 Å². The number of unbranched alkanes of at least 4 members (excludes halogenated alkanes) is 12. The molecule has 1 aliphatic heterocycles. The van der Waals surface area contributed by atoms with Gasteiger partial charge in [-0.15, -0.1) is 0 Å². The normalized spacial score (nSPS) is 25.1. The number of carbonyl (C=O) groups excluding carboxylic acids is 2. The maximum Gasteiger partial charge on any atom is 0.472 e. The van der Waals surface area contributed by atoms with Crippen LogP contribution >= 0.6 is 15.6 Å². The van der Waals surface area contributed by atoms with Gasteiger partial charge in [0.2, 0.25) is 0 Å². The van der Waals surface area contributed by atoms with Gasteiger partial charge in [-0.05, 0) is 83.5 Å². The summed E-state index contributed by atoms with van der Waals surface area (Å²) in [5, 5.41) is 41.3. The Morgan fingerprint density at radius 2 is 1.02 bits per heavy atom. The van der Waals surface area contributed by atoms with E-state index in [1.165, 1.54) is 38.5 Å². The number of epoxide rings is 1. The number of phosphoric acid groups is 2. The Morgan fingerprint density at radius 3 is 1.59 bits per heavy atom. The highest BCUT2D eigenvalue weighted by Gasteiger charge is 2.54. The number of carbonyl (C=O) groups is 2. The van der Waals surface area contributed by atoms with Gasteiger partial charge in [0.1, 0.15) is 43.2 Å². The standard InChI is InChI=1S/C47H80O17P2/c1-3-5-7-9-11-13-14-15-16-17-18-20-22-24-30-34-41(49)61-37(36-60-66(57,58)64-47-44(52)42(50)43(51)46(45(47)53)63-65(54,55)56)35-59-40(48)33-29-26-25-28-32-39-38(62-39)31-27-23-21-19-12-10-8-6-4-2/h11-13,15-16,19,23,25,27-28,37-39,42-47,50-53H,3-10,14,17-18,20-22,24,26,29-36H2,1-2H3,(H,57,58)(H2,54,55,56)/b13-11-,16-15-,19-12-,27-23-,28-25-/t37-,38?,39?,42?,43?,44?,45?,46-,47+/m1/s1. The molecule has 10 atom stereocenters. The predicted octanol–water partition coefficient (Wildman–Crippen LogP) is 8.05. The van der Waals surface area contributed by atoms with E-state index in [-0.39, 0.29) is 25.0 Å². The maximum atomic E-state index is 13.0. The summed E-state index contributed by atoms with van der Waals surface area (Å²) in [4.78, 5) is 54.3. The lowest BCUT2D eigenvalue weighted by atomic mass is 9.85. The third kappa shape index (κ3) is 28.2. The van der Waals surface area contributed by atoms with E-state index in [4.69, 9.17) is 23.3 Å². The predicted molar refractivity (Wildman–Crippen MR) is 250 cm³/mol. The zero-order valence-corrected chi connectivity index (χ0v) is 40.8. The fraction of sp³-hybridized carbons (Fsp3) is 0.745. The molecule has 0 aromatic rings. The van der Waals surface area contributed by atoms with Crippen LogP contribution < -0.4 is 0 Å². The van der Waals surface area contributed by atoms with E-state index >= 15 is 0 Å². The molecule has 19 heteroatoms. The average molecular weight is 979 g/mol. The molecule has 2 aliphatic rings. The van der Waals surface area contributed by atoms with Gasteiger partial charge in [0, 0.05) is 12.8 Å². The van der Waals surface area contributed by atoms with Crippen LogP contribution in [0.2, 0.25) is 0 Å². The van der Waals surface area contributed by atoms with Crippen LogP contribution in [0.5, 0.6) is 0 Å². The molecule has 1 saturated carbocycles. The molecule has 2 rings (SSSR count). The lowest BCUT2D eigenvalue weighted by Crippen LogP contribution is -2.64. The molecule has 0 aromatic carbocycles. The van der Waals surface area contributed by atoms with Crippen LogP contribution in [0.25, 0.3) is 0 Å². The number of hydrogen-bond donors (Lipinski definition) is 7. The smallest absolute Gasteiger partial charge is 0.462 e. The molecule has 7 N–H and O–H groups in total. The third-order valence-electron chi connectivity index (χ3n) is 11.0. The summed E-state index contributed by atoms with van der Waals surface area (Å²) in [6.07, 6.45) is 26.3. The van der Waals surface area contributed by atoms with E-state index in [1.54, 1.807) is 0 Å². The molecule has 1 saturated heterocycles. The molecule has 0 bridgehead atoms. The van der Waals surface area contributed by atoms with Crippen LogP contribution in [-0.4, -0.2) is 115 Å². The number of aliphatic hydroxyl groups excluding tert-OH is 4. The number of hydrogen-bond acceptors (Lipinski definition) is 14. The minimum atomic E-state index is -5.38. The zero-order chi connectivity index (χ0) is 48.6. The summed E-state index contributed by atoms with van der Waals surface area (Å²) < 4.78 is 55.1. The number of allylic oxidation sites excluding steroid dienone is 8. The van der Waals surface area contributed by atoms with Crippen molar-refractivity contribution in [2.45, 2.75) is 210 Å². The summed E-state index contributed by atoms with van der Waals surface area (Å²) in [7, 11) is -10.7. The first kappa shape index (κ1) is 59.8. The average Bonchev–Trinajstić information content (AvgIpc) is 4.03.